The lowest BCUT2D eigenvalue weighted by atomic mass is 9.35. The van der Waals surface area contributed by atoms with Crippen LogP contribution in [0, 0.1) is 45.3 Å². The highest BCUT2D eigenvalue weighted by Gasteiger charge is 2.72. The molecule has 15 N–H and O–H groups in total. The second-order valence-electron chi connectivity index (χ2n) is 25.7. The van der Waals surface area contributed by atoms with Crippen LogP contribution in [0.2, 0.25) is 0 Å². The van der Waals surface area contributed by atoms with E-state index in [4.69, 9.17) is 37.9 Å². The van der Waals surface area contributed by atoms with Crippen molar-refractivity contribution in [1.29, 1.82) is 0 Å². The normalized spacial score (nSPS) is 52.6. The Morgan fingerprint density at radius 3 is 1.76 bits per heavy atom. The molecule has 23 heteroatoms. The molecule has 8 rings (SSSR count). The Bertz CT molecular complexity index is 1980. The molecule has 4 aliphatic heterocycles. The van der Waals surface area contributed by atoms with Gasteiger partial charge in [0, 0.05) is 0 Å². The zero-order chi connectivity index (χ0) is 56.0. The maximum Gasteiger partial charge on any atom is 0.187 e. The smallest absolute Gasteiger partial charge is 0.187 e. The molecule has 4 saturated heterocycles. The summed E-state index contributed by atoms with van der Waals surface area (Å²) in [6.07, 6.45) is -23.1. The quantitative estimate of drug-likeness (QED) is 0.0591. The number of rotatable bonds is 15. The molecule has 0 aromatic carbocycles. The monoisotopic (exact) mass is 1090 g/mol. The first-order valence-electron chi connectivity index (χ1n) is 27.4. The van der Waals surface area contributed by atoms with Crippen LogP contribution in [0.4, 0.5) is 0 Å². The topological polar surface area (TPSA) is 377 Å². The van der Waals surface area contributed by atoms with Crippen LogP contribution in [0.3, 0.4) is 0 Å². The van der Waals surface area contributed by atoms with Gasteiger partial charge in [0.05, 0.1) is 49.8 Å². The third-order valence-corrected chi connectivity index (χ3v) is 20.4. The molecule has 23 nitrogen and oxygen atoms in total. The van der Waals surface area contributed by atoms with E-state index in [1.807, 2.05) is 6.92 Å². The van der Waals surface area contributed by atoms with Crippen LogP contribution in [0.1, 0.15) is 107 Å². The van der Waals surface area contributed by atoms with Gasteiger partial charge in [-0.15, -0.1) is 0 Å². The van der Waals surface area contributed by atoms with E-state index in [1.165, 1.54) is 0 Å². The Kier molecular flexibility index (Phi) is 18.1. The fraction of sp³-hybridized carbons (Fsp3) is 0.962. The number of hydrogen-bond acceptors (Lipinski definition) is 23. The van der Waals surface area contributed by atoms with E-state index in [0.29, 0.717) is 32.1 Å². The number of hydrogen-bond donors (Lipinski definition) is 15. The fourth-order valence-electron chi connectivity index (χ4n) is 15.9. The third-order valence-electron chi connectivity index (χ3n) is 20.4. The summed E-state index contributed by atoms with van der Waals surface area (Å²) < 4.78 is 48.6. The van der Waals surface area contributed by atoms with Crippen LogP contribution in [0.25, 0.3) is 0 Å². The average Bonchev–Trinajstić information content (AvgIpc) is 3.74. The summed E-state index contributed by atoms with van der Waals surface area (Å²) in [4.78, 5) is 0. The summed E-state index contributed by atoms with van der Waals surface area (Å²) >= 11 is 0. The molecule has 8 aliphatic rings. The molecular weight excluding hydrogens is 1000 g/mol. The van der Waals surface area contributed by atoms with E-state index in [9.17, 15) is 76.6 Å². The summed E-state index contributed by atoms with van der Waals surface area (Å²) in [5, 5.41) is 162. The summed E-state index contributed by atoms with van der Waals surface area (Å²) in [7, 11) is 0. The Hall–Kier alpha value is -1.18. The zero-order valence-corrected chi connectivity index (χ0v) is 45.0. The van der Waals surface area contributed by atoms with E-state index in [-0.39, 0.29) is 47.5 Å². The van der Waals surface area contributed by atoms with Crippen molar-refractivity contribution in [1.82, 2.24) is 0 Å². The minimum atomic E-state index is -1.82. The molecule has 29 atom stereocenters. The lowest BCUT2D eigenvalue weighted by Gasteiger charge is -2.71. The predicted molar refractivity (Wildman–Crippen MR) is 262 cm³/mol. The van der Waals surface area contributed by atoms with Crippen molar-refractivity contribution in [3.05, 3.63) is 12.2 Å². The molecular formula is C53H90O23. The molecule has 76 heavy (non-hydrogen) atoms. The van der Waals surface area contributed by atoms with Gasteiger partial charge in [0.25, 0.3) is 0 Å². The first-order chi connectivity index (χ1) is 35.4. The highest BCUT2D eigenvalue weighted by atomic mass is 16.8. The zero-order valence-electron chi connectivity index (χ0n) is 45.0. The number of fused-ring (bicyclic) bond motifs is 5. The van der Waals surface area contributed by atoms with Crippen LogP contribution < -0.4 is 0 Å². The molecule has 0 aromatic rings. The molecule has 0 unspecified atom stereocenters. The SMILES string of the molecule is CC(C)(O)/C=C/C[C@](C)(O[C@@H]1O[C@@H](CO[C@@H]2OC[C@@H](O)[C@H](O)[C@@H]2O)[C@@H](O)[C@H](O)[C@@H]1O)[C@@H]1CC[C@]2(C)[C@H]1[C@H](O)C[C@H]1[C@@]3(C)CC[C@H](O[C@@H]4O[C@@H](CO)[C@@H](O)[C@H](O)[C@@H]4O[C@@H]4O[C@@H](CO)[C@@H](O)[C@H](O)[C@@H]4O)C(C)(C)[C@@H]3CC[C@]12C. The minimum Gasteiger partial charge on any atom is -0.394 e. The molecule has 4 heterocycles. The van der Waals surface area contributed by atoms with Crippen molar-refractivity contribution >= 4 is 0 Å². The maximum absolute atomic E-state index is 12.8. The van der Waals surface area contributed by atoms with Gasteiger partial charge in [-0.25, -0.2) is 0 Å². The van der Waals surface area contributed by atoms with Crippen molar-refractivity contribution in [2.24, 2.45) is 45.3 Å². The third kappa shape index (κ3) is 10.8. The van der Waals surface area contributed by atoms with Gasteiger partial charge < -0.3 is 114 Å². The lowest BCUT2D eigenvalue weighted by molar-refractivity contribution is -0.378. The Morgan fingerprint density at radius 2 is 1.13 bits per heavy atom. The predicted octanol–water partition coefficient (Wildman–Crippen LogP) is -2.59. The van der Waals surface area contributed by atoms with Crippen molar-refractivity contribution in [3.8, 4) is 0 Å². The summed E-state index contributed by atoms with van der Waals surface area (Å²) in [5.41, 5.74) is -4.12. The largest absolute Gasteiger partial charge is 0.394 e. The highest BCUT2D eigenvalue weighted by Crippen LogP contribution is 2.76. The minimum absolute atomic E-state index is 0.0112. The second kappa shape index (κ2) is 22.5. The molecule has 0 radical (unpaired) electrons. The molecule has 0 bridgehead atoms. The Labute approximate surface area is 444 Å². The van der Waals surface area contributed by atoms with Gasteiger partial charge in [-0.2, -0.15) is 0 Å². The van der Waals surface area contributed by atoms with Crippen LogP contribution >= 0.6 is 0 Å². The van der Waals surface area contributed by atoms with Gasteiger partial charge in [-0.3, -0.25) is 0 Å². The van der Waals surface area contributed by atoms with Crippen LogP contribution in [0.5, 0.6) is 0 Å². The number of aliphatic hydroxyl groups excluding tert-OH is 14. The van der Waals surface area contributed by atoms with Crippen LogP contribution in [-0.4, -0.2) is 243 Å². The molecule has 0 spiro atoms. The summed E-state index contributed by atoms with van der Waals surface area (Å²) in [6.45, 7) is 14.1. The first-order valence-corrected chi connectivity index (χ1v) is 27.4. The van der Waals surface area contributed by atoms with E-state index in [0.717, 1.165) is 12.8 Å². The van der Waals surface area contributed by atoms with Gasteiger partial charge in [0.2, 0.25) is 0 Å². The highest BCUT2D eigenvalue weighted by molar-refractivity contribution is 5.21. The molecule has 4 aliphatic carbocycles. The van der Waals surface area contributed by atoms with E-state index in [1.54, 1.807) is 26.0 Å². The van der Waals surface area contributed by atoms with Crippen LogP contribution in [-0.2, 0) is 37.9 Å². The molecule has 0 aromatic heterocycles. The summed E-state index contributed by atoms with van der Waals surface area (Å²) in [6, 6.07) is 0. The Balaban J connectivity index is 1.02. The number of ether oxygens (including phenoxy) is 8. The molecule has 8 fully saturated rings. The van der Waals surface area contributed by atoms with E-state index < -0.39 is 171 Å². The number of aliphatic hydroxyl groups is 15. The average molecular weight is 1100 g/mol. The van der Waals surface area contributed by atoms with Gasteiger partial charge in [0.1, 0.15) is 91.6 Å². The lowest BCUT2D eigenvalue weighted by Crippen LogP contribution is -2.68. The fourth-order valence-corrected chi connectivity index (χ4v) is 15.9. The summed E-state index contributed by atoms with van der Waals surface area (Å²) in [5.74, 6) is -0.666. The maximum atomic E-state index is 12.8. The van der Waals surface area contributed by atoms with Gasteiger partial charge in [-0.1, -0.05) is 46.8 Å². The van der Waals surface area contributed by atoms with E-state index >= 15 is 0 Å². The van der Waals surface area contributed by atoms with Gasteiger partial charge in [0.15, 0.2) is 25.2 Å². The molecule has 0 amide bonds. The van der Waals surface area contributed by atoms with Gasteiger partial charge >= 0.3 is 0 Å². The Morgan fingerprint density at radius 1 is 0.566 bits per heavy atom. The van der Waals surface area contributed by atoms with Crippen LogP contribution in [0.15, 0.2) is 12.2 Å². The second-order valence-corrected chi connectivity index (χ2v) is 25.7. The van der Waals surface area contributed by atoms with Crippen molar-refractivity contribution < 1.29 is 114 Å². The van der Waals surface area contributed by atoms with Crippen molar-refractivity contribution in [3.63, 3.8) is 0 Å². The van der Waals surface area contributed by atoms with Crippen molar-refractivity contribution in [2.45, 2.75) is 247 Å². The van der Waals surface area contributed by atoms with Crippen molar-refractivity contribution in [2.75, 3.05) is 26.4 Å². The molecule has 4 saturated carbocycles. The van der Waals surface area contributed by atoms with E-state index in [2.05, 4.69) is 34.6 Å². The van der Waals surface area contributed by atoms with Gasteiger partial charge in [-0.05, 0) is 117 Å². The molecule has 440 valence electrons. The standard InChI is InChI=1S/C53H90O23/c1-48(2,68)13-9-14-53(8,76-46-42(67)38(63)36(61)28(73-46)22-70-44-40(65)33(58)25(57)21-69-44)23-10-16-52(7)32(23)24(56)18-30-50(5)15-12-31(49(3,4)29(50)11-17-51(30,52)6)74-47-43(39(64)35(60)27(20-55)72-47)75-45-41(66)37(62)34(59)26(19-54)71-45/h9,13,23-47,54-68H,10-12,14-22H2,1-8H3/b13-9+/t23-,24-,25-,26+,27+,28+,29+,30+,31+,32-,33+,34-,35-,36-,37+,38+,39+,40+,41+,42+,43+,44+,45+,46+,47+,50+,51-,52-,53+/m1/s1. The first kappa shape index (κ1) is 60.9.